The molecule has 0 atom stereocenters. The Morgan fingerprint density at radius 1 is 1.26 bits per heavy atom. The lowest BCUT2D eigenvalue weighted by molar-refractivity contribution is 0.170. The average molecular weight is 311 g/mol. The van der Waals surface area contributed by atoms with Crippen molar-refractivity contribution in [2.45, 2.75) is 44.1 Å². The molecule has 2 fully saturated rings. The molecule has 2 radical (unpaired) electrons. The van der Waals surface area contributed by atoms with Gasteiger partial charge in [0.15, 0.2) is 11.5 Å². The van der Waals surface area contributed by atoms with E-state index in [-0.39, 0.29) is 11.5 Å². The van der Waals surface area contributed by atoms with Gasteiger partial charge in [-0.3, -0.25) is 9.59 Å². The Morgan fingerprint density at radius 2 is 2.00 bits per heavy atom. The van der Waals surface area contributed by atoms with E-state index >= 15 is 0 Å². The van der Waals surface area contributed by atoms with Crippen molar-refractivity contribution in [3.05, 3.63) is 22.4 Å². The lowest BCUT2D eigenvalue weighted by atomic mass is 9.95. The van der Waals surface area contributed by atoms with Crippen molar-refractivity contribution in [1.82, 2.24) is 24.6 Å². The van der Waals surface area contributed by atoms with Crippen molar-refractivity contribution in [3.63, 3.8) is 0 Å². The smallest absolute Gasteiger partial charge is 0.262 e. The second-order valence-corrected chi connectivity index (χ2v) is 6.51. The van der Waals surface area contributed by atoms with Crippen LogP contribution >= 0.6 is 0 Å². The van der Waals surface area contributed by atoms with Crippen molar-refractivity contribution in [1.29, 1.82) is 0 Å². The highest BCUT2D eigenvalue weighted by Gasteiger charge is 2.32. The quantitative estimate of drug-likeness (QED) is 0.848. The number of hydrogen-bond donors (Lipinski definition) is 1. The summed E-state index contributed by atoms with van der Waals surface area (Å²) in [5, 5.41) is 4.95. The van der Waals surface area contributed by atoms with Crippen LogP contribution in [0.15, 0.2) is 11.0 Å². The minimum absolute atomic E-state index is 0.0364. The molecule has 2 aromatic rings. The van der Waals surface area contributed by atoms with E-state index in [4.69, 9.17) is 7.85 Å². The van der Waals surface area contributed by atoms with Gasteiger partial charge in [0.25, 0.3) is 5.56 Å². The van der Waals surface area contributed by atoms with Crippen LogP contribution in [0.4, 0.5) is 4.79 Å². The zero-order valence-electron chi connectivity index (χ0n) is 12.9. The maximum Gasteiger partial charge on any atom is 0.262 e. The highest BCUT2D eigenvalue weighted by Crippen LogP contribution is 2.30. The van der Waals surface area contributed by atoms with Crippen molar-refractivity contribution >= 4 is 24.7 Å². The molecule has 2 aliphatic rings. The number of aromatic amines is 1. The number of H-pyrrole nitrogens is 1. The number of carbonyl (C=O) groups excluding carboxylic acids is 1. The number of aromatic nitrogens is 4. The summed E-state index contributed by atoms with van der Waals surface area (Å²) in [6, 6.07) is 0.326. The molecule has 0 spiro atoms. The Labute approximate surface area is 134 Å². The Kier molecular flexibility index (Phi) is 3.47. The second kappa shape index (κ2) is 5.51. The van der Waals surface area contributed by atoms with Gasteiger partial charge in [0, 0.05) is 13.1 Å². The van der Waals surface area contributed by atoms with Gasteiger partial charge < -0.3 is 9.88 Å². The Bertz CT molecular complexity index is 802. The van der Waals surface area contributed by atoms with Crippen LogP contribution in [0.1, 0.15) is 49.9 Å². The third-order valence-corrected chi connectivity index (χ3v) is 4.98. The molecule has 1 saturated carbocycles. The van der Waals surface area contributed by atoms with E-state index in [1.807, 2.05) is 4.68 Å². The zero-order valence-corrected chi connectivity index (χ0v) is 12.9. The number of likely N-dealkylation sites (tertiary alicyclic amines) is 1. The van der Waals surface area contributed by atoms with Gasteiger partial charge in [-0.2, -0.15) is 5.10 Å². The molecule has 1 aliphatic carbocycles. The first-order valence-electron chi connectivity index (χ1n) is 8.15. The van der Waals surface area contributed by atoms with Crippen LogP contribution < -0.4 is 5.56 Å². The number of hydrogen-bond acceptors (Lipinski definition) is 4. The standard InChI is InChI=1S/C15H18BN5O2/c16-15(23)20-7-9(8-20)12-18-13-11(14(22)19-12)6-17-21(13)10-4-2-1-3-5-10/h6,9-10H,1-5,7-8H2,(H,18,19,22). The van der Waals surface area contributed by atoms with Crippen LogP contribution in [0.25, 0.3) is 11.0 Å². The first-order valence-corrected chi connectivity index (χ1v) is 8.15. The number of amides is 1. The molecule has 8 heteroatoms. The van der Waals surface area contributed by atoms with E-state index in [1.54, 1.807) is 6.20 Å². The van der Waals surface area contributed by atoms with E-state index in [0.717, 1.165) is 12.8 Å². The molecule has 4 rings (SSSR count). The summed E-state index contributed by atoms with van der Waals surface area (Å²) in [4.78, 5) is 32.4. The number of rotatable bonds is 2. The number of nitrogens with one attached hydrogen (secondary N) is 1. The molecule has 0 bridgehead atoms. The van der Waals surface area contributed by atoms with Crippen LogP contribution in [0.2, 0.25) is 0 Å². The van der Waals surface area contributed by atoms with Gasteiger partial charge in [0.1, 0.15) is 11.2 Å². The number of fused-ring (bicyclic) bond motifs is 1. The topological polar surface area (TPSA) is 83.9 Å². The molecule has 0 aromatic carbocycles. The highest BCUT2D eigenvalue weighted by atomic mass is 16.2. The average Bonchev–Trinajstić information content (AvgIpc) is 2.90. The molecule has 118 valence electrons. The van der Waals surface area contributed by atoms with Crippen LogP contribution in [0.5, 0.6) is 0 Å². The van der Waals surface area contributed by atoms with Crippen molar-refractivity contribution < 1.29 is 4.79 Å². The maximum atomic E-state index is 12.3. The van der Waals surface area contributed by atoms with Gasteiger partial charge >= 0.3 is 0 Å². The van der Waals surface area contributed by atoms with E-state index < -0.39 is 5.81 Å². The van der Waals surface area contributed by atoms with E-state index in [9.17, 15) is 9.59 Å². The lowest BCUT2D eigenvalue weighted by Gasteiger charge is -2.38. The predicted octanol–water partition coefficient (Wildman–Crippen LogP) is 1.31. The highest BCUT2D eigenvalue weighted by molar-refractivity contribution is 6.57. The van der Waals surface area contributed by atoms with Gasteiger partial charge in [0.2, 0.25) is 7.85 Å². The monoisotopic (exact) mass is 311 g/mol. The summed E-state index contributed by atoms with van der Waals surface area (Å²) in [6.07, 6.45) is 7.42. The van der Waals surface area contributed by atoms with Crippen molar-refractivity contribution in [3.8, 4) is 0 Å². The predicted molar refractivity (Wildman–Crippen MR) is 85.7 cm³/mol. The molecule has 1 amide bonds. The maximum absolute atomic E-state index is 12.3. The Balaban J connectivity index is 1.68. The minimum atomic E-state index is -0.433. The van der Waals surface area contributed by atoms with Gasteiger partial charge in [0.05, 0.1) is 18.2 Å². The van der Waals surface area contributed by atoms with E-state index in [1.165, 1.54) is 24.2 Å². The molecule has 1 aliphatic heterocycles. The lowest BCUT2D eigenvalue weighted by Crippen LogP contribution is -2.49. The molecule has 1 N–H and O–H groups in total. The molecular formula is C15H18BN5O2. The third kappa shape index (κ3) is 2.46. The molecule has 2 aromatic heterocycles. The summed E-state index contributed by atoms with van der Waals surface area (Å²) in [6.45, 7) is 1.00. The van der Waals surface area contributed by atoms with Crippen LogP contribution in [0.3, 0.4) is 0 Å². The summed E-state index contributed by atoms with van der Waals surface area (Å²) >= 11 is 0. The Hall–Kier alpha value is -2.12. The summed E-state index contributed by atoms with van der Waals surface area (Å²) in [5.41, 5.74) is 0.498. The fourth-order valence-electron chi connectivity index (χ4n) is 3.57. The summed E-state index contributed by atoms with van der Waals surface area (Å²) in [7, 11) is 5.24. The normalized spacial score (nSPS) is 19.9. The van der Waals surface area contributed by atoms with Gasteiger partial charge in [-0.25, -0.2) is 9.67 Å². The second-order valence-electron chi connectivity index (χ2n) is 6.51. The summed E-state index contributed by atoms with van der Waals surface area (Å²) < 4.78 is 1.91. The molecule has 0 unspecified atom stereocenters. The SMILES string of the molecule is [B]C(=O)N1CC(c2nc3c(cnn3C3CCCCC3)c(=O)[nH]2)C1. The fraction of sp³-hybridized carbons (Fsp3) is 0.600. The van der Waals surface area contributed by atoms with Crippen LogP contribution in [-0.4, -0.2) is 51.4 Å². The van der Waals surface area contributed by atoms with Gasteiger partial charge in [-0.05, 0) is 12.8 Å². The minimum Gasteiger partial charge on any atom is -0.351 e. The van der Waals surface area contributed by atoms with Crippen molar-refractivity contribution in [2.24, 2.45) is 0 Å². The summed E-state index contributed by atoms with van der Waals surface area (Å²) in [5.74, 6) is 0.226. The molecule has 23 heavy (non-hydrogen) atoms. The van der Waals surface area contributed by atoms with Crippen LogP contribution in [0, 0.1) is 0 Å². The largest absolute Gasteiger partial charge is 0.351 e. The Morgan fingerprint density at radius 3 is 2.70 bits per heavy atom. The van der Waals surface area contributed by atoms with Crippen LogP contribution in [-0.2, 0) is 0 Å². The molecular weight excluding hydrogens is 293 g/mol. The number of nitrogens with zero attached hydrogens (tertiary/aromatic N) is 4. The van der Waals surface area contributed by atoms with Gasteiger partial charge in [-0.15, -0.1) is 0 Å². The van der Waals surface area contributed by atoms with Crippen molar-refractivity contribution in [2.75, 3.05) is 13.1 Å². The molecule has 1 saturated heterocycles. The number of carbonyl (C=O) groups is 1. The molecule has 7 nitrogen and oxygen atoms in total. The van der Waals surface area contributed by atoms with Gasteiger partial charge in [-0.1, -0.05) is 19.3 Å². The molecule has 3 heterocycles. The van der Waals surface area contributed by atoms with E-state index in [0.29, 0.717) is 36.0 Å². The first-order chi connectivity index (χ1) is 11.1. The zero-order chi connectivity index (χ0) is 16.0. The fourth-order valence-corrected chi connectivity index (χ4v) is 3.57. The van der Waals surface area contributed by atoms with E-state index in [2.05, 4.69) is 15.1 Å². The first kappa shape index (κ1) is 14.5. The third-order valence-electron chi connectivity index (χ3n) is 4.98.